The Morgan fingerprint density at radius 2 is 1.76 bits per heavy atom. The highest BCUT2D eigenvalue weighted by molar-refractivity contribution is 7.94. The maximum Gasteiger partial charge on any atom is 0.229 e. The van der Waals surface area contributed by atoms with Crippen LogP contribution in [0.4, 0.5) is 11.6 Å². The van der Waals surface area contributed by atoms with Gasteiger partial charge < -0.3 is 25.2 Å². The van der Waals surface area contributed by atoms with Crippen LogP contribution in [0.25, 0.3) is 4.72 Å². The molecule has 1 heterocycles. The predicted octanol–water partition coefficient (Wildman–Crippen LogP) is 1.45. The smallest absolute Gasteiger partial charge is 0.229 e. The van der Waals surface area contributed by atoms with Gasteiger partial charge in [-0.15, -0.1) is 0 Å². The molecule has 0 saturated carbocycles. The number of hydrogen-bond donors (Lipinski definition) is 1. The lowest BCUT2D eigenvalue weighted by atomic mass is 9.82. The van der Waals surface area contributed by atoms with Gasteiger partial charge in [0.1, 0.15) is 0 Å². The zero-order valence-corrected chi connectivity index (χ0v) is 16.3. The van der Waals surface area contributed by atoms with Crippen LogP contribution in [0.3, 0.4) is 0 Å². The van der Waals surface area contributed by atoms with Crippen LogP contribution in [0.2, 0.25) is 0 Å². The minimum atomic E-state index is -4.02. The van der Waals surface area contributed by atoms with Gasteiger partial charge in [0.15, 0.2) is 0 Å². The molecule has 29 heavy (non-hydrogen) atoms. The summed E-state index contributed by atoms with van der Waals surface area (Å²) in [7, 11) is -4.02. The molecule has 0 aliphatic heterocycles. The van der Waals surface area contributed by atoms with Gasteiger partial charge in [0.2, 0.25) is 15.9 Å². The Morgan fingerprint density at radius 1 is 1.10 bits per heavy atom. The van der Waals surface area contributed by atoms with Gasteiger partial charge in [-0.05, 0) is 55.9 Å². The highest BCUT2D eigenvalue weighted by atomic mass is 32.2. The zero-order valence-electron chi connectivity index (χ0n) is 15.5. The van der Waals surface area contributed by atoms with Crippen molar-refractivity contribution in [2.75, 3.05) is 5.32 Å². The first-order chi connectivity index (χ1) is 13.8. The molecule has 9 nitrogen and oxygen atoms in total. The first-order valence-corrected chi connectivity index (χ1v) is 10.2. The Balaban J connectivity index is 1.70. The van der Waals surface area contributed by atoms with Gasteiger partial charge in [0, 0.05) is 23.5 Å². The summed E-state index contributed by atoms with van der Waals surface area (Å²) in [6.45, 7) is 1.69. The molecule has 0 saturated heterocycles. The fourth-order valence-electron chi connectivity index (χ4n) is 2.95. The summed E-state index contributed by atoms with van der Waals surface area (Å²) in [5.41, 5.74) is 0.923. The number of carbonyl (C=O) groups is 2. The van der Waals surface area contributed by atoms with Crippen molar-refractivity contribution in [2.45, 2.75) is 24.7 Å². The highest BCUT2D eigenvalue weighted by Gasteiger charge is 2.29. The average Bonchev–Trinajstić information content (AvgIpc) is 2.68. The maximum atomic E-state index is 12.4. The molecule has 1 aliphatic rings. The Kier molecular flexibility index (Phi) is 5.92. The van der Waals surface area contributed by atoms with Gasteiger partial charge >= 0.3 is 0 Å². The molecule has 2 unspecified atom stereocenters. The summed E-state index contributed by atoms with van der Waals surface area (Å²) >= 11 is 0. The van der Waals surface area contributed by atoms with E-state index in [9.17, 15) is 23.1 Å². The van der Waals surface area contributed by atoms with Crippen LogP contribution in [0.15, 0.2) is 53.6 Å². The zero-order chi connectivity index (χ0) is 21.0. The molecule has 0 bridgehead atoms. The van der Waals surface area contributed by atoms with Crippen molar-refractivity contribution in [1.82, 2.24) is 9.97 Å². The number of anilines is 1. The third-order valence-electron chi connectivity index (χ3n) is 4.48. The van der Waals surface area contributed by atoms with Crippen LogP contribution in [0.1, 0.15) is 18.5 Å². The van der Waals surface area contributed by atoms with Crippen LogP contribution in [0.5, 0.6) is 0 Å². The number of nitrogens with one attached hydrogen (secondary N) is 1. The number of nitrogens with zero attached hydrogens (tertiary/aromatic N) is 3. The molecular weight excluding hydrogens is 396 g/mol. The minimum Gasteiger partial charge on any atom is -0.550 e. The summed E-state index contributed by atoms with van der Waals surface area (Å²) in [4.78, 5) is 31.3. The summed E-state index contributed by atoms with van der Waals surface area (Å²) in [6, 6.07) is 7.02. The predicted molar refractivity (Wildman–Crippen MR) is 102 cm³/mol. The fraction of sp³-hybridized carbons (Fsp3) is 0.263. The van der Waals surface area contributed by atoms with Crippen LogP contribution in [0, 0.1) is 18.8 Å². The van der Waals surface area contributed by atoms with Crippen LogP contribution in [-0.2, 0) is 19.6 Å². The number of benzene rings is 1. The van der Waals surface area contributed by atoms with Gasteiger partial charge in [-0.25, -0.2) is 8.42 Å². The molecule has 1 N–H and O–H groups in total. The standard InChI is InChI=1S/C19H20N4O5S/c1-12-10-11-20-19(21-12)23-29(27,28)14-8-6-13(7-9-14)22-17(24)15-4-2-3-5-16(15)18(25)26/h2-3,6-11,15-16H,4-5H2,1H3,(H3,20,21,22,23,24,25,26)/p-2. The van der Waals surface area contributed by atoms with Crippen molar-refractivity contribution in [2.24, 2.45) is 11.8 Å². The number of aromatic nitrogens is 2. The maximum absolute atomic E-state index is 12.4. The van der Waals surface area contributed by atoms with Crippen molar-refractivity contribution in [3.8, 4) is 0 Å². The van der Waals surface area contributed by atoms with Crippen molar-refractivity contribution in [3.05, 3.63) is 59.1 Å². The topological polar surface area (TPSA) is 143 Å². The summed E-state index contributed by atoms with van der Waals surface area (Å²) in [5, 5.41) is 13.9. The van der Waals surface area contributed by atoms with Crippen LogP contribution >= 0.6 is 0 Å². The molecule has 0 spiro atoms. The molecule has 10 heteroatoms. The number of carbonyl (C=O) groups excluding carboxylic acids is 2. The van der Waals surface area contributed by atoms with E-state index in [0.29, 0.717) is 17.8 Å². The second-order valence-electron chi connectivity index (χ2n) is 6.55. The largest absolute Gasteiger partial charge is 0.550 e. The third-order valence-corrected chi connectivity index (χ3v) is 5.75. The van der Waals surface area contributed by atoms with Gasteiger partial charge in [-0.2, -0.15) is 0 Å². The van der Waals surface area contributed by atoms with Gasteiger partial charge in [-0.3, -0.25) is 9.52 Å². The first-order valence-electron chi connectivity index (χ1n) is 8.81. The molecule has 0 fully saturated rings. The van der Waals surface area contributed by atoms with Gasteiger partial charge in [0.25, 0.3) is 0 Å². The lowest BCUT2D eigenvalue weighted by Gasteiger charge is -2.28. The fourth-order valence-corrected chi connectivity index (χ4v) is 3.84. The lowest BCUT2D eigenvalue weighted by molar-refractivity contribution is -0.313. The molecular formula is C19H18N4O5S-2. The Labute approximate surface area is 167 Å². The van der Waals surface area contributed by atoms with Crippen molar-refractivity contribution < 1.29 is 23.1 Å². The number of allylic oxidation sites excluding steroid dienone is 2. The number of carboxylic acid groups (broad SMARTS) is 1. The van der Waals surface area contributed by atoms with E-state index in [0.717, 1.165) is 0 Å². The number of hydrogen-bond acceptors (Lipinski definition) is 7. The third kappa shape index (κ3) is 4.96. The normalized spacial score (nSPS) is 18.8. The molecule has 1 aromatic carbocycles. The van der Waals surface area contributed by atoms with Crippen molar-refractivity contribution in [3.63, 3.8) is 0 Å². The number of carboxylic acids is 1. The molecule has 1 aromatic heterocycles. The summed E-state index contributed by atoms with van der Waals surface area (Å²) in [5.74, 6) is -3.54. The number of aliphatic carboxylic acids is 1. The molecule has 2 atom stereocenters. The number of sulfonamides is 1. The van der Waals surface area contributed by atoms with Crippen molar-refractivity contribution in [1.29, 1.82) is 0 Å². The second-order valence-corrected chi connectivity index (χ2v) is 8.16. The van der Waals surface area contributed by atoms with E-state index in [-0.39, 0.29) is 17.3 Å². The van der Waals surface area contributed by atoms with Gasteiger partial charge in [-0.1, -0.05) is 18.2 Å². The molecule has 2 aromatic rings. The lowest BCUT2D eigenvalue weighted by Crippen LogP contribution is -2.41. The Hall–Kier alpha value is -3.27. The summed E-state index contributed by atoms with van der Waals surface area (Å²) in [6.07, 6.45) is 5.42. The van der Waals surface area contributed by atoms with E-state index >= 15 is 0 Å². The molecule has 1 aliphatic carbocycles. The van der Waals surface area contributed by atoms with E-state index in [4.69, 9.17) is 0 Å². The van der Waals surface area contributed by atoms with E-state index in [1.165, 1.54) is 30.5 Å². The quantitative estimate of drug-likeness (QED) is 0.705. The first kappa shape index (κ1) is 20.5. The monoisotopic (exact) mass is 414 g/mol. The SMILES string of the molecule is Cc1ccnc([N-]S(=O)(=O)c2ccc(NC(=O)C3CC=CCC3C(=O)[O-])cc2)n1. The summed E-state index contributed by atoms with van der Waals surface area (Å²) < 4.78 is 28.4. The number of aryl methyl sites for hydroxylation is 1. The van der Waals surface area contributed by atoms with E-state index in [1.807, 2.05) is 0 Å². The highest BCUT2D eigenvalue weighted by Crippen LogP contribution is 2.28. The number of amides is 1. The Morgan fingerprint density at radius 3 is 2.38 bits per heavy atom. The molecule has 152 valence electrons. The van der Waals surface area contributed by atoms with E-state index < -0.39 is 33.7 Å². The Bertz CT molecular complexity index is 1050. The van der Waals surface area contributed by atoms with Crippen LogP contribution < -0.4 is 10.4 Å². The second kappa shape index (κ2) is 8.39. The van der Waals surface area contributed by atoms with E-state index in [2.05, 4.69) is 20.0 Å². The van der Waals surface area contributed by atoms with Crippen molar-refractivity contribution >= 4 is 33.5 Å². The minimum absolute atomic E-state index is 0.0891. The van der Waals surface area contributed by atoms with Gasteiger partial charge in [0.05, 0.1) is 10.8 Å². The van der Waals surface area contributed by atoms with Crippen LogP contribution in [-0.4, -0.2) is 30.3 Å². The molecule has 0 radical (unpaired) electrons. The number of rotatable bonds is 6. The molecule has 3 rings (SSSR count). The van der Waals surface area contributed by atoms with E-state index in [1.54, 1.807) is 25.1 Å². The average molecular weight is 414 g/mol. The molecule has 1 amide bonds.